The molecule has 0 radical (unpaired) electrons. The predicted molar refractivity (Wildman–Crippen MR) is 331 cm³/mol. The quantitative estimate of drug-likeness (QED) is 0.0222. The Kier molecular flexibility index (Phi) is 56.4. The van der Waals surface area contributed by atoms with Crippen LogP contribution in [0.1, 0.15) is 324 Å². The Morgan fingerprint density at radius 2 is 0.554 bits per heavy atom. The lowest BCUT2D eigenvalue weighted by molar-refractivity contribution is -0.161. The zero-order chi connectivity index (χ0) is 61.3. The second-order valence-corrected chi connectivity index (χ2v) is 26.5. The molecule has 83 heavy (non-hydrogen) atoms. The maximum atomic E-state index is 13.0. The molecule has 0 aliphatic heterocycles. The molecule has 3 N–H and O–H groups in total. The van der Waals surface area contributed by atoms with Crippen molar-refractivity contribution in [2.24, 2.45) is 5.92 Å². The van der Waals surface area contributed by atoms with Crippen LogP contribution in [0.2, 0.25) is 0 Å². The van der Waals surface area contributed by atoms with Crippen molar-refractivity contribution in [1.82, 2.24) is 0 Å². The van der Waals surface area contributed by atoms with Crippen LogP contribution in [0.4, 0.5) is 0 Å². The monoisotopic (exact) mass is 1230 g/mol. The minimum Gasteiger partial charge on any atom is -0.462 e. The van der Waals surface area contributed by atoms with Gasteiger partial charge in [-0.25, -0.2) is 9.13 Å². The lowest BCUT2D eigenvalue weighted by atomic mass is 10.0. The summed E-state index contributed by atoms with van der Waals surface area (Å²) in [6.07, 6.45) is 42.0. The lowest BCUT2D eigenvalue weighted by Gasteiger charge is -2.21. The van der Waals surface area contributed by atoms with E-state index >= 15 is 0 Å². The Morgan fingerprint density at radius 3 is 0.819 bits per heavy atom. The summed E-state index contributed by atoms with van der Waals surface area (Å²) >= 11 is 0. The van der Waals surface area contributed by atoms with Crippen molar-refractivity contribution in [2.75, 3.05) is 39.6 Å². The molecule has 2 unspecified atom stereocenters. The molecule has 0 aliphatic carbocycles. The van der Waals surface area contributed by atoms with Gasteiger partial charge in [-0.2, -0.15) is 0 Å². The molecular weight excluding hydrogens is 1100 g/mol. The number of ether oxygens (including phenoxy) is 4. The predicted octanol–water partition coefficient (Wildman–Crippen LogP) is 17.8. The van der Waals surface area contributed by atoms with Crippen molar-refractivity contribution in [2.45, 2.75) is 342 Å². The molecule has 0 aliphatic rings. The van der Waals surface area contributed by atoms with Crippen molar-refractivity contribution >= 4 is 39.5 Å². The van der Waals surface area contributed by atoms with Gasteiger partial charge in [-0.05, 0) is 31.6 Å². The van der Waals surface area contributed by atoms with E-state index in [1.165, 1.54) is 122 Å². The van der Waals surface area contributed by atoms with Crippen LogP contribution in [0.5, 0.6) is 0 Å². The van der Waals surface area contributed by atoms with Gasteiger partial charge in [0.2, 0.25) is 0 Å². The Morgan fingerprint density at radius 1 is 0.325 bits per heavy atom. The van der Waals surface area contributed by atoms with E-state index < -0.39 is 97.5 Å². The van der Waals surface area contributed by atoms with Gasteiger partial charge in [0.15, 0.2) is 12.2 Å². The SMILES string of the molecule is CCCCCCCCCCCCCCCCCCCCC(=O)O[C@H](COC(=O)CCCCCCCCCC(C)C)COP(=O)(O)OC[C@@H](O)COP(=O)(O)OC[C@@H](COC(=O)CCCCCCCCC)OC(=O)CCCCCCCCCC. The average molecular weight is 1230 g/mol. The number of aliphatic hydroxyl groups excluding tert-OH is 1. The Balaban J connectivity index is 5.14. The number of esters is 4. The maximum absolute atomic E-state index is 13.0. The minimum atomic E-state index is -4.94. The van der Waals surface area contributed by atoms with Crippen molar-refractivity contribution in [3.05, 3.63) is 0 Å². The standard InChI is InChI=1S/C64H124O17P2/c1-6-9-12-15-18-20-21-22-23-24-25-26-27-28-29-34-40-45-50-64(69)81-60(54-75-62(67)48-43-38-35-30-32-36-41-46-57(4)5)56-79-83(72,73)77-52-58(65)51-76-82(70,71)78-55-59(53-74-61(66)47-42-37-31-17-14-11-8-3)80-63(68)49-44-39-33-19-16-13-10-7-2/h57-60,65H,6-56H2,1-5H3,(H,70,71)(H,72,73)/t58-,59+,60+/m0/s1. The number of carbonyl (C=O) groups excluding carboxylic acids is 4. The number of phosphoric acid groups is 2. The third-order valence-corrected chi connectivity index (χ3v) is 16.7. The van der Waals surface area contributed by atoms with Crippen LogP contribution < -0.4 is 0 Å². The largest absolute Gasteiger partial charge is 0.472 e. The van der Waals surface area contributed by atoms with Gasteiger partial charge in [0.25, 0.3) is 0 Å². The van der Waals surface area contributed by atoms with Crippen LogP contribution in [-0.2, 0) is 65.4 Å². The number of carbonyl (C=O) groups is 4. The van der Waals surface area contributed by atoms with Crippen LogP contribution in [0.15, 0.2) is 0 Å². The van der Waals surface area contributed by atoms with E-state index in [1.54, 1.807) is 0 Å². The van der Waals surface area contributed by atoms with Crippen LogP contribution >= 0.6 is 15.6 Å². The molecule has 19 heteroatoms. The first-order chi connectivity index (χ1) is 40.0. The molecule has 0 bridgehead atoms. The second kappa shape index (κ2) is 57.8. The van der Waals surface area contributed by atoms with Crippen molar-refractivity contribution in [3.63, 3.8) is 0 Å². The van der Waals surface area contributed by atoms with Gasteiger partial charge in [-0.15, -0.1) is 0 Å². The first kappa shape index (κ1) is 81.1. The Labute approximate surface area is 505 Å². The zero-order valence-electron chi connectivity index (χ0n) is 53.3. The van der Waals surface area contributed by atoms with Crippen LogP contribution in [0.25, 0.3) is 0 Å². The highest BCUT2D eigenvalue weighted by molar-refractivity contribution is 7.47. The van der Waals surface area contributed by atoms with Crippen LogP contribution in [-0.4, -0.2) is 96.7 Å². The summed E-state index contributed by atoms with van der Waals surface area (Å²) in [5.74, 6) is -1.44. The van der Waals surface area contributed by atoms with Crippen molar-refractivity contribution < 1.29 is 80.2 Å². The summed E-state index contributed by atoms with van der Waals surface area (Å²) < 4.78 is 67.8. The van der Waals surface area contributed by atoms with E-state index in [9.17, 15) is 43.2 Å². The minimum absolute atomic E-state index is 0.104. The number of rotatable bonds is 64. The normalized spacial score (nSPS) is 14.2. The second-order valence-electron chi connectivity index (χ2n) is 23.6. The molecule has 0 amide bonds. The highest BCUT2D eigenvalue weighted by Crippen LogP contribution is 2.45. The fraction of sp³-hybridized carbons (Fsp3) is 0.938. The van der Waals surface area contributed by atoms with Crippen LogP contribution in [0.3, 0.4) is 0 Å². The number of phosphoric ester groups is 2. The molecule has 5 atom stereocenters. The first-order valence-corrected chi connectivity index (χ1v) is 36.6. The molecule has 0 fully saturated rings. The molecule has 0 aromatic carbocycles. The van der Waals surface area contributed by atoms with E-state index in [0.717, 1.165) is 116 Å². The molecule has 0 spiro atoms. The van der Waals surface area contributed by atoms with Crippen LogP contribution in [0, 0.1) is 5.92 Å². The molecule has 0 saturated carbocycles. The summed E-state index contributed by atoms with van der Waals surface area (Å²) in [6.45, 7) is 7.07. The van der Waals surface area contributed by atoms with Crippen molar-refractivity contribution in [1.29, 1.82) is 0 Å². The smallest absolute Gasteiger partial charge is 0.462 e. The van der Waals surface area contributed by atoms with E-state index in [0.29, 0.717) is 31.6 Å². The third-order valence-electron chi connectivity index (χ3n) is 14.8. The van der Waals surface area contributed by atoms with Gasteiger partial charge in [-0.1, -0.05) is 272 Å². The summed E-state index contributed by atoms with van der Waals surface area (Å²) in [4.78, 5) is 72.0. The van der Waals surface area contributed by atoms with Gasteiger partial charge in [-0.3, -0.25) is 37.3 Å². The molecule has 0 saturated heterocycles. The summed E-state index contributed by atoms with van der Waals surface area (Å²) in [6, 6.07) is 0. The number of hydrogen-bond donors (Lipinski definition) is 3. The summed E-state index contributed by atoms with van der Waals surface area (Å²) in [5.41, 5.74) is 0. The van der Waals surface area contributed by atoms with Crippen molar-refractivity contribution in [3.8, 4) is 0 Å². The summed E-state index contributed by atoms with van der Waals surface area (Å²) in [7, 11) is -9.88. The molecule has 0 rings (SSSR count). The number of aliphatic hydroxyl groups is 1. The third kappa shape index (κ3) is 58.8. The Hall–Kier alpha value is -1.94. The van der Waals surface area contributed by atoms with E-state index in [1.807, 2.05) is 0 Å². The molecule has 0 aromatic heterocycles. The summed E-state index contributed by atoms with van der Waals surface area (Å²) in [5, 5.41) is 10.5. The van der Waals surface area contributed by atoms with E-state index in [4.69, 9.17) is 37.0 Å². The van der Waals surface area contributed by atoms with E-state index in [2.05, 4.69) is 34.6 Å². The lowest BCUT2D eigenvalue weighted by Crippen LogP contribution is -2.30. The molecule has 0 heterocycles. The molecular formula is C64H124O17P2. The fourth-order valence-corrected chi connectivity index (χ4v) is 11.2. The molecule has 17 nitrogen and oxygen atoms in total. The topological polar surface area (TPSA) is 237 Å². The highest BCUT2D eigenvalue weighted by Gasteiger charge is 2.30. The number of unbranched alkanes of at least 4 members (excludes halogenated alkanes) is 36. The highest BCUT2D eigenvalue weighted by atomic mass is 31.2. The van der Waals surface area contributed by atoms with Gasteiger partial charge in [0, 0.05) is 25.7 Å². The zero-order valence-corrected chi connectivity index (χ0v) is 55.1. The molecule has 0 aromatic rings. The van der Waals surface area contributed by atoms with Gasteiger partial charge < -0.3 is 33.8 Å². The van der Waals surface area contributed by atoms with E-state index in [-0.39, 0.29) is 25.7 Å². The molecule has 492 valence electrons. The van der Waals surface area contributed by atoms with Gasteiger partial charge in [0.1, 0.15) is 19.3 Å². The Bertz CT molecular complexity index is 1620. The first-order valence-electron chi connectivity index (χ1n) is 33.6. The number of hydrogen-bond acceptors (Lipinski definition) is 15. The van der Waals surface area contributed by atoms with Gasteiger partial charge in [0.05, 0.1) is 26.4 Å². The van der Waals surface area contributed by atoms with Gasteiger partial charge >= 0.3 is 39.5 Å². The fourth-order valence-electron chi connectivity index (χ4n) is 9.58. The average Bonchev–Trinajstić information content (AvgIpc) is 3.45. The maximum Gasteiger partial charge on any atom is 0.472 e.